The fraction of sp³-hybridized carbons (Fsp3) is 0.333. The third-order valence-corrected chi connectivity index (χ3v) is 9.63. The molecule has 3 aliphatic heterocycles. The van der Waals surface area contributed by atoms with Crippen LogP contribution in [-0.2, 0) is 37.3 Å². The molecule has 1 aromatic heterocycles. The first kappa shape index (κ1) is 33.7. The number of nitrogens with zero attached hydrogens (tertiary/aromatic N) is 4. The summed E-state index contributed by atoms with van der Waals surface area (Å²) in [4.78, 5) is 65.9. The van der Waals surface area contributed by atoms with E-state index >= 15 is 0 Å². The molecule has 5 amide bonds. The molecule has 6 rings (SSSR count). The van der Waals surface area contributed by atoms with Gasteiger partial charge in [-0.3, -0.25) is 38.9 Å². The molecule has 254 valence electrons. The molecule has 0 radical (unpaired) electrons. The van der Waals surface area contributed by atoms with Gasteiger partial charge in [-0.15, -0.1) is 0 Å². The molecule has 2 aromatic carbocycles. The van der Waals surface area contributed by atoms with E-state index in [4.69, 9.17) is 0 Å². The normalized spacial score (nSPS) is 18.8. The Labute approximate surface area is 281 Å². The maximum absolute atomic E-state index is 13.2. The molecular formula is C33H29F3N6O6S. The van der Waals surface area contributed by atoms with Gasteiger partial charge >= 0.3 is 6.18 Å². The van der Waals surface area contributed by atoms with Crippen molar-refractivity contribution in [3.8, 4) is 11.8 Å². The highest BCUT2D eigenvalue weighted by atomic mass is 32.2. The number of alkyl halides is 3. The topological polar surface area (TPSA) is 157 Å². The minimum Gasteiger partial charge on any atom is -0.612 e. The lowest BCUT2D eigenvalue weighted by molar-refractivity contribution is -0.138. The van der Waals surface area contributed by atoms with Gasteiger partial charge in [-0.2, -0.15) is 18.3 Å². The third-order valence-electron chi connectivity index (χ3n) is 8.67. The highest BCUT2D eigenvalue weighted by Crippen LogP contribution is 2.35. The SMILES string of the molecule is C[S+]([O-])c1cc(C(F)(F)F)ccc1NC(=O)C(C)(C)n1cc(C#CC2CN(c3ccc4c(c3)C(=O)N(C3CCC(=O)NC3=O)C4=O)C2)cn1. The number of halogens is 3. The molecule has 4 heterocycles. The molecule has 16 heteroatoms. The molecule has 2 atom stereocenters. The van der Waals surface area contributed by atoms with Crippen LogP contribution in [0, 0.1) is 17.8 Å². The number of benzene rings is 2. The Bertz CT molecular complexity index is 1970. The second kappa shape index (κ2) is 12.4. The van der Waals surface area contributed by atoms with Gasteiger partial charge in [-0.05, 0) is 61.8 Å². The van der Waals surface area contributed by atoms with Gasteiger partial charge in [0.25, 0.3) is 17.7 Å². The van der Waals surface area contributed by atoms with Crippen molar-refractivity contribution in [3.05, 3.63) is 71.0 Å². The van der Waals surface area contributed by atoms with Gasteiger partial charge in [0.05, 0.1) is 40.1 Å². The van der Waals surface area contributed by atoms with Gasteiger partial charge in [0, 0.05) is 37.5 Å². The number of anilines is 2. The van der Waals surface area contributed by atoms with Gasteiger partial charge < -0.3 is 14.8 Å². The molecule has 12 nitrogen and oxygen atoms in total. The van der Waals surface area contributed by atoms with E-state index in [2.05, 4.69) is 27.6 Å². The molecular weight excluding hydrogens is 665 g/mol. The Morgan fingerprint density at radius 1 is 1.06 bits per heavy atom. The molecule has 0 saturated carbocycles. The van der Waals surface area contributed by atoms with E-state index in [1.807, 2.05) is 4.90 Å². The van der Waals surface area contributed by atoms with E-state index in [-0.39, 0.29) is 40.5 Å². The molecule has 49 heavy (non-hydrogen) atoms. The highest BCUT2D eigenvalue weighted by molar-refractivity contribution is 7.90. The first-order valence-corrected chi connectivity index (χ1v) is 16.6. The van der Waals surface area contributed by atoms with Crippen molar-refractivity contribution in [1.82, 2.24) is 20.0 Å². The summed E-state index contributed by atoms with van der Waals surface area (Å²) in [5.41, 5.74) is -0.632. The molecule has 0 spiro atoms. The summed E-state index contributed by atoms with van der Waals surface area (Å²) in [6.07, 6.45) is -0.233. The zero-order chi connectivity index (χ0) is 35.4. The maximum Gasteiger partial charge on any atom is 0.416 e. The zero-order valence-electron chi connectivity index (χ0n) is 26.4. The van der Waals surface area contributed by atoms with Crippen LogP contribution in [0.25, 0.3) is 0 Å². The summed E-state index contributed by atoms with van der Waals surface area (Å²) < 4.78 is 53.1. The van der Waals surface area contributed by atoms with Crippen molar-refractivity contribution in [1.29, 1.82) is 0 Å². The van der Waals surface area contributed by atoms with Crippen molar-refractivity contribution >= 4 is 52.1 Å². The van der Waals surface area contributed by atoms with Gasteiger partial charge in [-0.25, -0.2) is 0 Å². The Hall–Kier alpha value is -5.14. The molecule has 2 unspecified atom stereocenters. The van der Waals surface area contributed by atoms with E-state index in [1.54, 1.807) is 38.2 Å². The lowest BCUT2D eigenvalue weighted by Gasteiger charge is -2.38. The molecule has 3 aliphatic rings. The average molecular weight is 695 g/mol. The predicted molar refractivity (Wildman–Crippen MR) is 170 cm³/mol. The van der Waals surface area contributed by atoms with Gasteiger partial charge in [0.2, 0.25) is 11.8 Å². The number of piperidine rings is 1. The number of hydrogen-bond donors (Lipinski definition) is 2. The van der Waals surface area contributed by atoms with Gasteiger partial charge in [-0.1, -0.05) is 11.8 Å². The van der Waals surface area contributed by atoms with E-state index in [0.29, 0.717) is 24.3 Å². The van der Waals surface area contributed by atoms with Crippen LogP contribution in [0.2, 0.25) is 0 Å². The predicted octanol–water partition coefficient (Wildman–Crippen LogP) is 2.90. The second-order valence-electron chi connectivity index (χ2n) is 12.4. The third kappa shape index (κ3) is 6.39. The summed E-state index contributed by atoms with van der Waals surface area (Å²) in [5.74, 6) is 3.31. The van der Waals surface area contributed by atoms with Crippen molar-refractivity contribution in [3.63, 3.8) is 0 Å². The number of fused-ring (bicyclic) bond motifs is 1. The maximum atomic E-state index is 13.2. The van der Waals surface area contributed by atoms with E-state index in [1.165, 1.54) is 17.1 Å². The van der Waals surface area contributed by atoms with E-state index in [0.717, 1.165) is 23.1 Å². The van der Waals surface area contributed by atoms with E-state index in [9.17, 15) is 41.7 Å². The van der Waals surface area contributed by atoms with E-state index < -0.39 is 64.0 Å². The van der Waals surface area contributed by atoms with Crippen LogP contribution in [0.3, 0.4) is 0 Å². The van der Waals surface area contributed by atoms with Crippen molar-refractivity contribution in [2.75, 3.05) is 29.6 Å². The zero-order valence-corrected chi connectivity index (χ0v) is 27.2. The molecule has 0 aliphatic carbocycles. The highest BCUT2D eigenvalue weighted by Gasteiger charge is 2.45. The van der Waals surface area contributed by atoms with Crippen LogP contribution < -0.4 is 15.5 Å². The Morgan fingerprint density at radius 3 is 2.45 bits per heavy atom. The summed E-state index contributed by atoms with van der Waals surface area (Å²) in [6.45, 7) is 4.23. The van der Waals surface area contributed by atoms with Crippen LogP contribution in [-0.4, -0.2) is 74.2 Å². The first-order chi connectivity index (χ1) is 23.0. The quantitative estimate of drug-likeness (QED) is 0.227. The Balaban J connectivity index is 1.08. The van der Waals surface area contributed by atoms with Crippen LogP contribution in [0.4, 0.5) is 24.5 Å². The summed E-state index contributed by atoms with van der Waals surface area (Å²) in [5, 5.41) is 9.02. The molecule has 2 saturated heterocycles. The average Bonchev–Trinajstić information content (AvgIpc) is 3.59. The van der Waals surface area contributed by atoms with Crippen LogP contribution in [0.5, 0.6) is 0 Å². The van der Waals surface area contributed by atoms with Crippen LogP contribution >= 0.6 is 0 Å². The summed E-state index contributed by atoms with van der Waals surface area (Å²) in [7, 11) is 0. The Morgan fingerprint density at radius 2 is 1.78 bits per heavy atom. The number of rotatable bonds is 6. The number of aromatic nitrogens is 2. The number of hydrogen-bond acceptors (Lipinski definition) is 8. The lowest BCUT2D eigenvalue weighted by Crippen LogP contribution is -2.54. The summed E-state index contributed by atoms with van der Waals surface area (Å²) in [6, 6.07) is 6.50. The van der Waals surface area contributed by atoms with Crippen molar-refractivity contribution < 1.29 is 41.7 Å². The van der Waals surface area contributed by atoms with Gasteiger partial charge in [0.1, 0.15) is 17.8 Å². The second-order valence-corrected chi connectivity index (χ2v) is 13.7. The standard InChI is InChI=1S/C33H29F3N6O6S/c1-32(2,31(47)38-24-9-6-20(33(34,35)36)12-26(24)49(3)48)41-17-18(14-37-41)4-5-19-15-40(16-19)21-7-8-22-23(13-21)30(46)42(29(22)45)25-10-11-27(43)39-28(25)44/h6-9,12-14,17,19,25H,10-11,15-16H2,1-3H3,(H,38,47)(H,39,43,44). The smallest absolute Gasteiger partial charge is 0.416 e. The minimum absolute atomic E-state index is 0.000376. The minimum atomic E-state index is -4.63. The van der Waals surface area contributed by atoms with Crippen LogP contribution in [0.1, 0.15) is 58.5 Å². The monoisotopic (exact) mass is 694 g/mol. The Kier molecular flexibility index (Phi) is 8.53. The van der Waals surface area contributed by atoms with Gasteiger partial charge in [0.15, 0.2) is 4.90 Å². The largest absolute Gasteiger partial charge is 0.612 e. The number of amides is 5. The lowest BCUT2D eigenvalue weighted by atomic mass is 9.98. The number of imide groups is 2. The van der Waals surface area contributed by atoms with Crippen molar-refractivity contribution in [2.24, 2.45) is 5.92 Å². The fourth-order valence-electron chi connectivity index (χ4n) is 5.73. The van der Waals surface area contributed by atoms with Crippen molar-refractivity contribution in [2.45, 2.75) is 49.3 Å². The fourth-order valence-corrected chi connectivity index (χ4v) is 6.46. The molecule has 2 fully saturated rings. The molecule has 2 N–H and O–H groups in total. The summed E-state index contributed by atoms with van der Waals surface area (Å²) >= 11 is -1.81. The first-order valence-electron chi connectivity index (χ1n) is 15.1. The number of nitrogens with one attached hydrogen (secondary N) is 2. The molecule has 3 aromatic rings. The van der Waals surface area contributed by atoms with Crippen LogP contribution in [0.15, 0.2) is 53.7 Å². The number of carbonyl (C=O) groups is 5. The number of carbonyl (C=O) groups excluding carboxylic acids is 5. The molecule has 0 bridgehead atoms.